The van der Waals surface area contributed by atoms with Gasteiger partial charge < -0.3 is 4.57 Å². The number of hydrogen-bond acceptors (Lipinski definition) is 3. The van der Waals surface area contributed by atoms with Gasteiger partial charge in [-0.1, -0.05) is 63.6 Å². The Balaban J connectivity index is 1.73. The lowest BCUT2D eigenvalue weighted by Gasteiger charge is -2.23. The Bertz CT molecular complexity index is 1280. The minimum absolute atomic E-state index is 0.337. The lowest BCUT2D eigenvalue weighted by atomic mass is 9.90. The van der Waals surface area contributed by atoms with Crippen LogP contribution in [0.2, 0.25) is 0 Å². The number of aryl methyl sites for hydroxylation is 2. The second-order valence-electron chi connectivity index (χ2n) is 9.82. The van der Waals surface area contributed by atoms with Gasteiger partial charge in [0.2, 0.25) is 0 Å². The highest BCUT2D eigenvalue weighted by molar-refractivity contribution is 5.79. The smallest absolute Gasteiger partial charge is 0.109 e. The van der Waals surface area contributed by atoms with Gasteiger partial charge in [-0.2, -0.15) is 0 Å². The van der Waals surface area contributed by atoms with Gasteiger partial charge in [0.05, 0.1) is 22.8 Å². The van der Waals surface area contributed by atoms with Crippen molar-refractivity contribution in [2.24, 2.45) is 0 Å². The Morgan fingerprint density at radius 2 is 1.64 bits per heavy atom. The number of aromatic nitrogens is 4. The van der Waals surface area contributed by atoms with Crippen LogP contribution in [-0.2, 0) is 19.4 Å². The van der Waals surface area contributed by atoms with Crippen LogP contribution in [-0.4, -0.2) is 19.5 Å². The SMILES string of the molecule is Cc1ccc(-c2cn(Cc3cccnc3)c3c2CCc2nc(C(C)C)c(C(C)C)nc2-3)cc1. The van der Waals surface area contributed by atoms with Crippen molar-refractivity contribution in [3.8, 4) is 22.5 Å². The molecule has 0 bridgehead atoms. The second kappa shape index (κ2) is 8.58. The summed E-state index contributed by atoms with van der Waals surface area (Å²) < 4.78 is 2.37. The fourth-order valence-electron chi connectivity index (χ4n) is 4.88. The Kier molecular flexibility index (Phi) is 5.61. The first-order chi connectivity index (χ1) is 15.9. The molecule has 4 nitrogen and oxygen atoms in total. The van der Waals surface area contributed by atoms with E-state index in [0.29, 0.717) is 11.8 Å². The van der Waals surface area contributed by atoms with Crippen LogP contribution >= 0.6 is 0 Å². The van der Waals surface area contributed by atoms with E-state index in [2.05, 4.69) is 80.7 Å². The van der Waals surface area contributed by atoms with E-state index in [1.165, 1.54) is 33.5 Å². The molecule has 168 valence electrons. The Hall–Kier alpha value is -3.27. The molecule has 1 aliphatic rings. The summed E-state index contributed by atoms with van der Waals surface area (Å²) in [7, 11) is 0. The van der Waals surface area contributed by atoms with Crippen molar-refractivity contribution in [3.63, 3.8) is 0 Å². The summed E-state index contributed by atoms with van der Waals surface area (Å²) in [5.41, 5.74) is 12.1. The van der Waals surface area contributed by atoms with E-state index >= 15 is 0 Å². The van der Waals surface area contributed by atoms with Gasteiger partial charge in [0.25, 0.3) is 0 Å². The maximum Gasteiger partial charge on any atom is 0.109 e. The maximum atomic E-state index is 5.30. The van der Waals surface area contributed by atoms with Crippen LogP contribution < -0.4 is 0 Å². The number of hydrogen-bond donors (Lipinski definition) is 0. The van der Waals surface area contributed by atoms with Crippen molar-refractivity contribution in [1.29, 1.82) is 0 Å². The fraction of sp³-hybridized carbons (Fsp3) is 0.345. The van der Waals surface area contributed by atoms with Crippen LogP contribution in [0.25, 0.3) is 22.5 Å². The van der Waals surface area contributed by atoms with Crippen molar-refractivity contribution < 1.29 is 0 Å². The molecule has 0 aliphatic heterocycles. The first-order valence-corrected chi connectivity index (χ1v) is 12.0. The van der Waals surface area contributed by atoms with Crippen LogP contribution in [0.15, 0.2) is 55.0 Å². The lowest BCUT2D eigenvalue weighted by molar-refractivity contribution is 0.701. The predicted molar refractivity (Wildman–Crippen MR) is 135 cm³/mol. The van der Waals surface area contributed by atoms with Crippen LogP contribution in [0.1, 0.15) is 73.3 Å². The first kappa shape index (κ1) is 21.6. The van der Waals surface area contributed by atoms with Gasteiger partial charge >= 0.3 is 0 Å². The topological polar surface area (TPSA) is 43.6 Å². The third kappa shape index (κ3) is 3.99. The van der Waals surface area contributed by atoms with E-state index in [1.807, 2.05) is 18.5 Å². The lowest BCUT2D eigenvalue weighted by Crippen LogP contribution is -2.16. The molecule has 0 saturated heterocycles. The van der Waals surface area contributed by atoms with Crippen molar-refractivity contribution in [2.75, 3.05) is 0 Å². The molecule has 3 aromatic heterocycles. The predicted octanol–water partition coefficient (Wildman–Crippen LogP) is 6.71. The molecule has 5 rings (SSSR count). The van der Waals surface area contributed by atoms with Crippen LogP contribution in [0.5, 0.6) is 0 Å². The van der Waals surface area contributed by atoms with Gasteiger partial charge in [-0.05, 0) is 54.4 Å². The Morgan fingerprint density at radius 3 is 2.30 bits per heavy atom. The molecule has 0 fully saturated rings. The summed E-state index contributed by atoms with van der Waals surface area (Å²) in [5, 5.41) is 0. The van der Waals surface area contributed by atoms with E-state index in [1.54, 1.807) is 0 Å². The number of fused-ring (bicyclic) bond motifs is 3. The van der Waals surface area contributed by atoms with E-state index < -0.39 is 0 Å². The first-order valence-electron chi connectivity index (χ1n) is 12.0. The van der Waals surface area contributed by atoms with Gasteiger partial charge in [-0.3, -0.25) is 9.97 Å². The third-order valence-electron chi connectivity index (χ3n) is 6.57. The zero-order valence-electron chi connectivity index (χ0n) is 20.3. The summed E-state index contributed by atoms with van der Waals surface area (Å²) in [6.45, 7) is 11.8. The quantitative estimate of drug-likeness (QED) is 0.349. The molecule has 0 saturated carbocycles. The minimum Gasteiger partial charge on any atom is -0.341 e. The van der Waals surface area contributed by atoms with Crippen molar-refractivity contribution in [3.05, 3.63) is 88.8 Å². The van der Waals surface area contributed by atoms with Gasteiger partial charge in [0.15, 0.2) is 0 Å². The molecule has 0 N–H and O–H groups in total. The summed E-state index contributed by atoms with van der Waals surface area (Å²) in [6, 6.07) is 13.0. The van der Waals surface area contributed by atoms with E-state index in [-0.39, 0.29) is 0 Å². The van der Waals surface area contributed by atoms with Gasteiger partial charge in [-0.25, -0.2) is 4.98 Å². The van der Waals surface area contributed by atoms with Gasteiger partial charge in [0, 0.05) is 30.7 Å². The molecule has 3 heterocycles. The molecule has 1 aromatic carbocycles. The standard InChI is InChI=1S/C29H32N4/c1-18(2)26-27(19(3)4)32-28-25(31-26)13-12-23-24(22-10-8-20(5)9-11-22)17-33(29(23)28)16-21-7-6-14-30-15-21/h6-11,14-15,17-19H,12-13,16H2,1-5H3. The molecular formula is C29H32N4. The summed E-state index contributed by atoms with van der Waals surface area (Å²) in [5.74, 6) is 0.704. The molecule has 1 aliphatic carbocycles. The van der Waals surface area contributed by atoms with Crippen molar-refractivity contribution >= 4 is 0 Å². The highest BCUT2D eigenvalue weighted by Crippen LogP contribution is 2.41. The summed E-state index contributed by atoms with van der Waals surface area (Å²) in [4.78, 5) is 14.8. The van der Waals surface area contributed by atoms with Gasteiger partial charge in [-0.15, -0.1) is 0 Å². The van der Waals surface area contributed by atoms with E-state index in [4.69, 9.17) is 9.97 Å². The number of nitrogens with zero attached hydrogens (tertiary/aromatic N) is 4. The third-order valence-corrected chi connectivity index (χ3v) is 6.57. The highest BCUT2D eigenvalue weighted by atomic mass is 15.0. The van der Waals surface area contributed by atoms with Crippen LogP contribution in [0, 0.1) is 6.92 Å². The molecule has 0 spiro atoms. The number of benzene rings is 1. The molecule has 0 unspecified atom stereocenters. The summed E-state index contributed by atoms with van der Waals surface area (Å²) in [6.07, 6.45) is 8.01. The fourth-order valence-corrected chi connectivity index (χ4v) is 4.88. The highest BCUT2D eigenvalue weighted by Gasteiger charge is 2.29. The molecule has 33 heavy (non-hydrogen) atoms. The zero-order valence-corrected chi connectivity index (χ0v) is 20.3. The van der Waals surface area contributed by atoms with E-state index in [9.17, 15) is 0 Å². The molecule has 0 atom stereocenters. The average Bonchev–Trinajstić information content (AvgIpc) is 3.18. The normalized spacial score (nSPS) is 12.8. The van der Waals surface area contributed by atoms with Crippen LogP contribution in [0.3, 0.4) is 0 Å². The molecule has 0 amide bonds. The van der Waals surface area contributed by atoms with E-state index in [0.717, 1.165) is 42.2 Å². The minimum atomic E-state index is 0.337. The Labute approximate surface area is 196 Å². The van der Waals surface area contributed by atoms with Gasteiger partial charge in [0.1, 0.15) is 5.69 Å². The number of pyridine rings is 1. The number of rotatable bonds is 5. The Morgan fingerprint density at radius 1 is 0.909 bits per heavy atom. The molecule has 0 radical (unpaired) electrons. The zero-order chi connectivity index (χ0) is 23.1. The average molecular weight is 437 g/mol. The molecular weight excluding hydrogens is 404 g/mol. The monoisotopic (exact) mass is 436 g/mol. The van der Waals surface area contributed by atoms with Crippen molar-refractivity contribution in [2.45, 2.75) is 65.8 Å². The maximum absolute atomic E-state index is 5.30. The molecule has 4 heteroatoms. The summed E-state index contributed by atoms with van der Waals surface area (Å²) >= 11 is 0. The largest absolute Gasteiger partial charge is 0.341 e. The molecule has 4 aromatic rings. The second-order valence-corrected chi connectivity index (χ2v) is 9.82. The van der Waals surface area contributed by atoms with Crippen molar-refractivity contribution in [1.82, 2.24) is 19.5 Å². The van der Waals surface area contributed by atoms with Crippen LogP contribution in [0.4, 0.5) is 0 Å².